The van der Waals surface area contributed by atoms with Crippen LogP contribution < -0.4 is 0 Å². The van der Waals surface area contributed by atoms with E-state index in [2.05, 4.69) is 6.26 Å². The van der Waals surface area contributed by atoms with E-state index >= 15 is 0 Å². The molecule has 1 unspecified atom stereocenters. The van der Waals surface area contributed by atoms with Gasteiger partial charge in [-0.1, -0.05) is 0 Å². The van der Waals surface area contributed by atoms with Crippen molar-refractivity contribution < 1.29 is 9.84 Å². The number of rotatable bonds is 4. The Balaban J connectivity index is 2.15. The van der Waals surface area contributed by atoms with Gasteiger partial charge in [0.1, 0.15) is 0 Å². The van der Waals surface area contributed by atoms with Crippen molar-refractivity contribution in [3.63, 3.8) is 0 Å². The van der Waals surface area contributed by atoms with Crippen molar-refractivity contribution in [2.24, 2.45) is 5.92 Å². The molecule has 0 spiro atoms. The summed E-state index contributed by atoms with van der Waals surface area (Å²) in [7, 11) is 0. The summed E-state index contributed by atoms with van der Waals surface area (Å²) in [5.41, 5.74) is 0. The molecule has 0 aromatic carbocycles. The second-order valence-corrected chi connectivity index (χ2v) is 4.28. The zero-order valence-corrected chi connectivity index (χ0v) is 8.48. The van der Waals surface area contributed by atoms with Crippen LogP contribution in [0.25, 0.3) is 0 Å². The van der Waals surface area contributed by atoms with E-state index in [9.17, 15) is 5.11 Å². The Labute approximate surface area is 78.7 Å². The van der Waals surface area contributed by atoms with Crippen molar-refractivity contribution in [1.29, 1.82) is 0 Å². The number of hydrogen-bond donors (Lipinski definition) is 1. The molecule has 1 aliphatic rings. The predicted molar refractivity (Wildman–Crippen MR) is 52.5 cm³/mol. The molecule has 0 aromatic rings. The summed E-state index contributed by atoms with van der Waals surface area (Å²) in [6.45, 7) is 1.67. The molecular weight excluding hydrogens is 172 g/mol. The average molecular weight is 190 g/mol. The van der Waals surface area contributed by atoms with Gasteiger partial charge in [-0.15, -0.1) is 0 Å². The van der Waals surface area contributed by atoms with Gasteiger partial charge in [0.05, 0.1) is 6.10 Å². The monoisotopic (exact) mass is 190 g/mol. The van der Waals surface area contributed by atoms with Crippen LogP contribution in [-0.2, 0) is 4.74 Å². The summed E-state index contributed by atoms with van der Waals surface area (Å²) in [5, 5.41) is 9.74. The van der Waals surface area contributed by atoms with Crippen LogP contribution in [0.4, 0.5) is 0 Å². The summed E-state index contributed by atoms with van der Waals surface area (Å²) < 4.78 is 5.24. The minimum atomic E-state index is -0.0960. The molecule has 0 radical (unpaired) electrons. The second kappa shape index (κ2) is 5.84. The molecule has 1 heterocycles. The van der Waals surface area contributed by atoms with Gasteiger partial charge in [0.15, 0.2) is 0 Å². The van der Waals surface area contributed by atoms with Gasteiger partial charge in [-0.05, 0) is 37.2 Å². The first kappa shape index (κ1) is 10.4. The molecule has 3 heteroatoms. The van der Waals surface area contributed by atoms with Gasteiger partial charge in [0.2, 0.25) is 0 Å². The first-order valence-electron chi connectivity index (χ1n) is 4.59. The fourth-order valence-corrected chi connectivity index (χ4v) is 2.05. The van der Waals surface area contributed by atoms with Crippen molar-refractivity contribution >= 4 is 11.8 Å². The predicted octanol–water partition coefficient (Wildman–Crippen LogP) is 1.53. The summed E-state index contributed by atoms with van der Waals surface area (Å²) in [5.74, 6) is 1.56. The van der Waals surface area contributed by atoms with Crippen molar-refractivity contribution in [1.82, 2.24) is 0 Å². The highest BCUT2D eigenvalue weighted by Gasteiger charge is 2.21. The molecule has 0 bridgehead atoms. The van der Waals surface area contributed by atoms with Gasteiger partial charge < -0.3 is 9.84 Å². The number of hydrogen-bond acceptors (Lipinski definition) is 3. The lowest BCUT2D eigenvalue weighted by Crippen LogP contribution is -2.27. The molecule has 1 aliphatic heterocycles. The molecule has 0 aromatic heterocycles. The van der Waals surface area contributed by atoms with E-state index in [1.165, 1.54) is 0 Å². The molecule has 0 saturated carbocycles. The quantitative estimate of drug-likeness (QED) is 0.729. The molecular formula is C9H18O2S. The molecule has 1 saturated heterocycles. The van der Waals surface area contributed by atoms with E-state index in [1.807, 2.05) is 0 Å². The van der Waals surface area contributed by atoms with Crippen molar-refractivity contribution in [2.75, 3.05) is 25.2 Å². The van der Waals surface area contributed by atoms with Crippen LogP contribution in [0.3, 0.4) is 0 Å². The molecule has 1 atom stereocenters. The molecule has 1 rings (SSSR count). The maximum atomic E-state index is 9.74. The molecule has 2 nitrogen and oxygen atoms in total. The lowest BCUT2D eigenvalue weighted by Gasteiger charge is -2.26. The number of thioether (sulfide) groups is 1. The Bertz CT molecular complexity index is 113. The fraction of sp³-hybridized carbons (Fsp3) is 1.00. The maximum Gasteiger partial charge on any atom is 0.0578 e. The van der Waals surface area contributed by atoms with Gasteiger partial charge >= 0.3 is 0 Å². The summed E-state index contributed by atoms with van der Waals surface area (Å²) in [4.78, 5) is 0. The molecule has 1 fully saturated rings. The molecule has 0 amide bonds. The van der Waals surface area contributed by atoms with Crippen molar-refractivity contribution in [3.05, 3.63) is 0 Å². The SMILES string of the molecule is CSCCC(O)C1CCOCC1. The third-order valence-electron chi connectivity index (χ3n) is 2.43. The highest BCUT2D eigenvalue weighted by Crippen LogP contribution is 2.21. The van der Waals surface area contributed by atoms with Gasteiger partial charge in [0.25, 0.3) is 0 Å². The smallest absolute Gasteiger partial charge is 0.0578 e. The molecule has 1 N–H and O–H groups in total. The van der Waals surface area contributed by atoms with E-state index in [4.69, 9.17) is 4.74 Å². The maximum absolute atomic E-state index is 9.74. The third kappa shape index (κ3) is 3.33. The van der Waals surface area contributed by atoms with Crippen LogP contribution >= 0.6 is 11.8 Å². The first-order chi connectivity index (χ1) is 5.84. The number of aliphatic hydroxyl groups is 1. The number of ether oxygens (including phenoxy) is 1. The Hall–Kier alpha value is 0.270. The lowest BCUT2D eigenvalue weighted by atomic mass is 9.92. The molecule has 72 valence electrons. The van der Waals surface area contributed by atoms with E-state index in [-0.39, 0.29) is 6.10 Å². The van der Waals surface area contributed by atoms with Gasteiger partial charge in [-0.3, -0.25) is 0 Å². The Morgan fingerprint density at radius 2 is 2.17 bits per heavy atom. The minimum absolute atomic E-state index is 0.0960. The van der Waals surface area contributed by atoms with Crippen LogP contribution in [0.5, 0.6) is 0 Å². The van der Waals surface area contributed by atoms with Gasteiger partial charge in [0, 0.05) is 13.2 Å². The zero-order chi connectivity index (χ0) is 8.81. The van der Waals surface area contributed by atoms with Crippen LogP contribution in [0.1, 0.15) is 19.3 Å². The Morgan fingerprint density at radius 1 is 1.50 bits per heavy atom. The van der Waals surface area contributed by atoms with Crippen LogP contribution in [0.15, 0.2) is 0 Å². The highest BCUT2D eigenvalue weighted by molar-refractivity contribution is 7.98. The van der Waals surface area contributed by atoms with Crippen LogP contribution in [0, 0.1) is 5.92 Å². The molecule has 0 aliphatic carbocycles. The van der Waals surface area contributed by atoms with Crippen molar-refractivity contribution in [2.45, 2.75) is 25.4 Å². The Kier molecular flexibility index (Phi) is 5.04. The summed E-state index contributed by atoms with van der Waals surface area (Å²) in [6, 6.07) is 0. The second-order valence-electron chi connectivity index (χ2n) is 3.30. The first-order valence-corrected chi connectivity index (χ1v) is 5.98. The standard InChI is InChI=1S/C9H18O2S/c1-12-7-4-9(10)8-2-5-11-6-3-8/h8-10H,2-7H2,1H3. The van der Waals surface area contributed by atoms with Crippen molar-refractivity contribution in [3.8, 4) is 0 Å². The van der Waals surface area contributed by atoms with Crippen LogP contribution in [0.2, 0.25) is 0 Å². The summed E-state index contributed by atoms with van der Waals surface area (Å²) >= 11 is 1.80. The largest absolute Gasteiger partial charge is 0.393 e. The minimum Gasteiger partial charge on any atom is -0.393 e. The van der Waals surface area contributed by atoms with Gasteiger partial charge in [-0.25, -0.2) is 0 Å². The lowest BCUT2D eigenvalue weighted by molar-refractivity contribution is 0.00732. The zero-order valence-electron chi connectivity index (χ0n) is 7.66. The van der Waals surface area contributed by atoms with Gasteiger partial charge in [-0.2, -0.15) is 11.8 Å². The highest BCUT2D eigenvalue weighted by atomic mass is 32.2. The van der Waals surface area contributed by atoms with Crippen LogP contribution in [-0.4, -0.2) is 36.4 Å². The third-order valence-corrected chi connectivity index (χ3v) is 3.07. The fourth-order valence-electron chi connectivity index (χ4n) is 1.57. The topological polar surface area (TPSA) is 29.5 Å². The number of aliphatic hydroxyl groups excluding tert-OH is 1. The summed E-state index contributed by atoms with van der Waals surface area (Å²) in [6.07, 6.45) is 4.99. The van der Waals surface area contributed by atoms with E-state index in [0.29, 0.717) is 5.92 Å². The normalized spacial score (nSPS) is 22.5. The van der Waals surface area contributed by atoms with E-state index in [0.717, 1.165) is 38.2 Å². The molecule has 12 heavy (non-hydrogen) atoms. The average Bonchev–Trinajstić information content (AvgIpc) is 2.15. The van der Waals surface area contributed by atoms with E-state index < -0.39 is 0 Å². The van der Waals surface area contributed by atoms with E-state index in [1.54, 1.807) is 11.8 Å². The Morgan fingerprint density at radius 3 is 2.75 bits per heavy atom.